The molecular weight excluding hydrogens is 383 g/mol. The van der Waals surface area contributed by atoms with Crippen molar-refractivity contribution in [1.82, 2.24) is 14.9 Å². The third kappa shape index (κ3) is 4.35. The molecule has 0 saturated heterocycles. The van der Waals surface area contributed by atoms with Crippen LogP contribution in [0.25, 0.3) is 11.0 Å². The van der Waals surface area contributed by atoms with E-state index in [0.29, 0.717) is 24.2 Å². The molecule has 4 rings (SSSR count). The van der Waals surface area contributed by atoms with Crippen molar-refractivity contribution < 1.29 is 14.0 Å². The Hall–Kier alpha value is -3.22. The zero-order chi connectivity index (χ0) is 21.1. The Bertz CT molecular complexity index is 1070. The highest BCUT2D eigenvalue weighted by atomic mass is 19.1. The summed E-state index contributed by atoms with van der Waals surface area (Å²) in [5.74, 6) is 0.502. The van der Waals surface area contributed by atoms with E-state index in [1.165, 1.54) is 24.3 Å². The molecule has 156 valence electrons. The second kappa shape index (κ2) is 8.65. The summed E-state index contributed by atoms with van der Waals surface area (Å²) in [4.78, 5) is 29.2. The van der Waals surface area contributed by atoms with Crippen LogP contribution in [0.5, 0.6) is 0 Å². The van der Waals surface area contributed by atoms with Crippen LogP contribution in [0.3, 0.4) is 0 Å². The Morgan fingerprint density at radius 2 is 1.87 bits per heavy atom. The largest absolute Gasteiger partial charge is 0.355 e. The van der Waals surface area contributed by atoms with Gasteiger partial charge in [0.2, 0.25) is 5.91 Å². The van der Waals surface area contributed by atoms with Gasteiger partial charge in [0.1, 0.15) is 11.6 Å². The van der Waals surface area contributed by atoms with Gasteiger partial charge in [0.25, 0.3) is 5.91 Å². The number of anilines is 1. The number of nitrogens with zero attached hydrogens (tertiary/aromatic N) is 2. The van der Waals surface area contributed by atoms with Crippen LogP contribution in [0.4, 0.5) is 10.1 Å². The van der Waals surface area contributed by atoms with Gasteiger partial charge in [0.05, 0.1) is 11.0 Å². The minimum Gasteiger partial charge on any atom is -0.355 e. The molecule has 2 amide bonds. The summed E-state index contributed by atoms with van der Waals surface area (Å²) >= 11 is 0. The van der Waals surface area contributed by atoms with E-state index in [1.54, 1.807) is 0 Å². The molecule has 1 aliphatic rings. The molecular formula is C23H25FN4O2. The maximum atomic E-state index is 13.0. The lowest BCUT2D eigenvalue weighted by Gasteiger charge is -2.10. The molecule has 0 unspecified atom stereocenters. The SMILES string of the molecule is Cn1c(CCNC(=O)C2CCCC2)nc2cc(NC(=O)c3ccc(F)cc3)ccc21. The first kappa shape index (κ1) is 20.1. The number of halogens is 1. The molecule has 1 fully saturated rings. The van der Waals surface area contributed by atoms with E-state index in [9.17, 15) is 14.0 Å². The average Bonchev–Trinajstić information content (AvgIpc) is 3.37. The number of fused-ring (bicyclic) bond motifs is 1. The Morgan fingerprint density at radius 3 is 2.60 bits per heavy atom. The van der Waals surface area contributed by atoms with Gasteiger partial charge in [-0.05, 0) is 55.3 Å². The average molecular weight is 408 g/mol. The number of carbonyl (C=O) groups excluding carboxylic acids is 2. The quantitative estimate of drug-likeness (QED) is 0.651. The third-order valence-corrected chi connectivity index (χ3v) is 5.71. The van der Waals surface area contributed by atoms with Crippen molar-refractivity contribution in [2.75, 3.05) is 11.9 Å². The van der Waals surface area contributed by atoms with E-state index in [-0.39, 0.29) is 23.5 Å². The summed E-state index contributed by atoms with van der Waals surface area (Å²) in [7, 11) is 1.94. The van der Waals surface area contributed by atoms with Crippen molar-refractivity contribution >= 4 is 28.5 Å². The lowest BCUT2D eigenvalue weighted by molar-refractivity contribution is -0.124. The standard InChI is InChI=1S/C23H25FN4O2/c1-28-20-11-10-18(26-23(30)16-6-8-17(24)9-7-16)14-19(20)27-21(28)12-13-25-22(29)15-4-2-3-5-15/h6-11,14-15H,2-5,12-13H2,1H3,(H,25,29)(H,26,30). The van der Waals surface area contributed by atoms with E-state index in [4.69, 9.17) is 0 Å². The molecule has 6 nitrogen and oxygen atoms in total. The minimum atomic E-state index is -0.381. The maximum absolute atomic E-state index is 13.0. The van der Waals surface area contributed by atoms with Crippen LogP contribution < -0.4 is 10.6 Å². The highest BCUT2D eigenvalue weighted by Gasteiger charge is 2.22. The topological polar surface area (TPSA) is 76.0 Å². The predicted octanol–water partition coefficient (Wildman–Crippen LogP) is 3.81. The zero-order valence-corrected chi connectivity index (χ0v) is 17.0. The second-order valence-corrected chi connectivity index (χ2v) is 7.77. The smallest absolute Gasteiger partial charge is 0.255 e. The number of hydrogen-bond donors (Lipinski definition) is 2. The molecule has 1 aliphatic carbocycles. The number of rotatable bonds is 6. The predicted molar refractivity (Wildman–Crippen MR) is 114 cm³/mol. The normalized spacial score (nSPS) is 14.2. The first-order valence-electron chi connectivity index (χ1n) is 10.3. The summed E-state index contributed by atoms with van der Waals surface area (Å²) in [6.45, 7) is 0.556. The van der Waals surface area contributed by atoms with Gasteiger partial charge >= 0.3 is 0 Å². The Morgan fingerprint density at radius 1 is 1.13 bits per heavy atom. The van der Waals surface area contributed by atoms with Crippen molar-refractivity contribution in [2.45, 2.75) is 32.1 Å². The first-order chi connectivity index (χ1) is 14.5. The number of aromatic nitrogens is 2. The zero-order valence-electron chi connectivity index (χ0n) is 17.0. The van der Waals surface area contributed by atoms with Gasteiger partial charge < -0.3 is 15.2 Å². The molecule has 0 radical (unpaired) electrons. The van der Waals surface area contributed by atoms with Gasteiger partial charge in [0, 0.05) is 37.2 Å². The summed E-state index contributed by atoms with van der Waals surface area (Å²) in [6, 6.07) is 10.9. The van der Waals surface area contributed by atoms with Crippen molar-refractivity contribution in [2.24, 2.45) is 13.0 Å². The van der Waals surface area contributed by atoms with Crippen molar-refractivity contribution in [3.05, 3.63) is 59.7 Å². The van der Waals surface area contributed by atoms with E-state index in [1.807, 2.05) is 29.8 Å². The number of hydrogen-bond acceptors (Lipinski definition) is 3. The Kier molecular flexibility index (Phi) is 5.79. The van der Waals surface area contributed by atoms with Crippen LogP contribution in [-0.4, -0.2) is 27.9 Å². The molecule has 1 heterocycles. The summed E-state index contributed by atoms with van der Waals surface area (Å²) in [6.07, 6.45) is 4.90. The number of amides is 2. The van der Waals surface area contributed by atoms with E-state index < -0.39 is 0 Å². The first-order valence-corrected chi connectivity index (χ1v) is 10.3. The van der Waals surface area contributed by atoms with Crippen LogP contribution in [0.2, 0.25) is 0 Å². The fourth-order valence-corrected chi connectivity index (χ4v) is 3.99. The molecule has 0 spiro atoms. The van der Waals surface area contributed by atoms with Gasteiger partial charge in [-0.25, -0.2) is 9.37 Å². The molecule has 30 heavy (non-hydrogen) atoms. The number of aryl methyl sites for hydroxylation is 1. The van der Waals surface area contributed by atoms with Crippen LogP contribution in [0.15, 0.2) is 42.5 Å². The van der Waals surface area contributed by atoms with E-state index in [0.717, 1.165) is 42.5 Å². The van der Waals surface area contributed by atoms with Crippen molar-refractivity contribution in [1.29, 1.82) is 0 Å². The fourth-order valence-electron chi connectivity index (χ4n) is 3.99. The number of benzene rings is 2. The number of nitrogens with one attached hydrogen (secondary N) is 2. The molecule has 3 aromatic rings. The monoisotopic (exact) mass is 408 g/mol. The molecule has 0 bridgehead atoms. The lowest BCUT2D eigenvalue weighted by atomic mass is 10.1. The molecule has 2 aromatic carbocycles. The molecule has 7 heteroatoms. The van der Waals surface area contributed by atoms with Crippen LogP contribution >= 0.6 is 0 Å². The Labute approximate surface area is 174 Å². The van der Waals surface area contributed by atoms with Gasteiger partial charge in [-0.15, -0.1) is 0 Å². The van der Waals surface area contributed by atoms with Crippen molar-refractivity contribution in [3.63, 3.8) is 0 Å². The van der Waals surface area contributed by atoms with Crippen molar-refractivity contribution in [3.8, 4) is 0 Å². The molecule has 1 aromatic heterocycles. The molecule has 1 saturated carbocycles. The van der Waals surface area contributed by atoms with Crippen LogP contribution in [0, 0.1) is 11.7 Å². The fraction of sp³-hybridized carbons (Fsp3) is 0.348. The molecule has 0 atom stereocenters. The van der Waals surface area contributed by atoms with E-state index in [2.05, 4.69) is 15.6 Å². The summed E-state index contributed by atoms with van der Waals surface area (Å²) in [5, 5.41) is 5.85. The summed E-state index contributed by atoms with van der Waals surface area (Å²) < 4.78 is 15.0. The number of carbonyl (C=O) groups is 2. The Balaban J connectivity index is 1.41. The van der Waals surface area contributed by atoms with E-state index >= 15 is 0 Å². The minimum absolute atomic E-state index is 0.150. The molecule has 2 N–H and O–H groups in total. The highest BCUT2D eigenvalue weighted by Crippen LogP contribution is 2.24. The maximum Gasteiger partial charge on any atom is 0.255 e. The van der Waals surface area contributed by atoms with Gasteiger partial charge in [-0.1, -0.05) is 12.8 Å². The highest BCUT2D eigenvalue weighted by molar-refractivity contribution is 6.04. The third-order valence-electron chi connectivity index (χ3n) is 5.71. The number of imidazole rings is 1. The van der Waals surface area contributed by atoms with Gasteiger partial charge in [0.15, 0.2) is 0 Å². The van der Waals surface area contributed by atoms with Gasteiger partial charge in [-0.3, -0.25) is 9.59 Å². The molecule has 0 aliphatic heterocycles. The lowest BCUT2D eigenvalue weighted by Crippen LogP contribution is -2.31. The van der Waals surface area contributed by atoms with Crippen LogP contribution in [0.1, 0.15) is 41.9 Å². The summed E-state index contributed by atoms with van der Waals surface area (Å²) in [5.41, 5.74) is 2.73. The van der Waals surface area contributed by atoms with Gasteiger partial charge in [-0.2, -0.15) is 0 Å². The van der Waals surface area contributed by atoms with Crippen LogP contribution in [-0.2, 0) is 18.3 Å². The second-order valence-electron chi connectivity index (χ2n) is 7.77.